The fourth-order valence-electron chi connectivity index (χ4n) is 2.53. The van der Waals surface area contributed by atoms with E-state index in [1.165, 1.54) is 5.69 Å². The third kappa shape index (κ3) is 5.91. The number of hydrogen-bond donors (Lipinski definition) is 2. The van der Waals surface area contributed by atoms with Gasteiger partial charge in [0.25, 0.3) is 0 Å². The molecule has 140 valence electrons. The minimum atomic E-state index is -0.0900. The van der Waals surface area contributed by atoms with Crippen LogP contribution in [0.2, 0.25) is 0 Å². The van der Waals surface area contributed by atoms with E-state index in [9.17, 15) is 4.79 Å². The summed E-state index contributed by atoms with van der Waals surface area (Å²) in [7, 11) is 4.02. The zero-order valence-corrected chi connectivity index (χ0v) is 16.0. The first-order valence-electron chi connectivity index (χ1n) is 8.82. The summed E-state index contributed by atoms with van der Waals surface area (Å²) in [6.07, 6.45) is 2.33. The summed E-state index contributed by atoms with van der Waals surface area (Å²) in [5.74, 6) is 1.27. The van der Waals surface area contributed by atoms with Gasteiger partial charge in [0.15, 0.2) is 5.96 Å². The number of carbonyl (C=O) groups is 1. The Balaban J connectivity index is 1.89. The number of carbonyl (C=O) groups excluding carboxylic acids is 1. The Hall–Kier alpha value is -2.83. The zero-order valence-electron chi connectivity index (χ0n) is 16.0. The Labute approximate surface area is 155 Å². The highest BCUT2D eigenvalue weighted by molar-refractivity contribution is 5.90. The van der Waals surface area contributed by atoms with E-state index in [4.69, 9.17) is 0 Å². The van der Waals surface area contributed by atoms with Crippen molar-refractivity contribution in [2.45, 2.75) is 26.8 Å². The van der Waals surface area contributed by atoms with E-state index in [0.717, 1.165) is 24.7 Å². The third-order valence-corrected chi connectivity index (χ3v) is 3.90. The van der Waals surface area contributed by atoms with Crippen molar-refractivity contribution in [1.29, 1.82) is 0 Å². The Morgan fingerprint density at radius 3 is 2.77 bits per heavy atom. The van der Waals surface area contributed by atoms with Crippen LogP contribution < -0.4 is 10.6 Å². The molecule has 1 amide bonds. The van der Waals surface area contributed by atoms with E-state index in [2.05, 4.69) is 36.1 Å². The average molecular weight is 356 g/mol. The lowest BCUT2D eigenvalue weighted by atomic mass is 10.3. The van der Waals surface area contributed by atoms with Gasteiger partial charge in [-0.1, -0.05) is 6.07 Å². The van der Waals surface area contributed by atoms with E-state index >= 15 is 0 Å². The molecule has 0 unspecified atom stereocenters. The molecule has 0 atom stereocenters. The number of nitrogens with zero attached hydrogens (tertiary/aromatic N) is 4. The smallest absolute Gasteiger partial charge is 0.227 e. The van der Waals surface area contributed by atoms with E-state index in [1.54, 1.807) is 6.07 Å². The van der Waals surface area contributed by atoms with Crippen molar-refractivity contribution >= 4 is 17.7 Å². The molecule has 0 saturated heterocycles. The van der Waals surface area contributed by atoms with Crippen LogP contribution in [0.4, 0.5) is 5.82 Å². The Morgan fingerprint density at radius 1 is 1.31 bits per heavy atom. The minimum absolute atomic E-state index is 0.0900. The Morgan fingerprint density at radius 2 is 2.12 bits per heavy atom. The highest BCUT2D eigenvalue weighted by atomic mass is 16.1. The normalized spacial score (nSPS) is 11.3. The second-order valence-corrected chi connectivity index (χ2v) is 6.16. The molecule has 2 heterocycles. The summed E-state index contributed by atoms with van der Waals surface area (Å²) >= 11 is 0. The van der Waals surface area contributed by atoms with Gasteiger partial charge in [-0.25, -0.2) is 4.98 Å². The molecule has 0 aliphatic heterocycles. The van der Waals surface area contributed by atoms with E-state index in [0.29, 0.717) is 18.8 Å². The van der Waals surface area contributed by atoms with Gasteiger partial charge in [0.2, 0.25) is 5.91 Å². The van der Waals surface area contributed by atoms with Crippen LogP contribution in [0.5, 0.6) is 0 Å². The first-order chi connectivity index (χ1) is 12.5. The summed E-state index contributed by atoms with van der Waals surface area (Å²) in [5, 5.41) is 6.07. The molecule has 0 aliphatic carbocycles. The first kappa shape index (κ1) is 19.5. The maximum atomic E-state index is 12.1. The topological polar surface area (TPSA) is 74.5 Å². The number of rotatable bonds is 7. The lowest BCUT2D eigenvalue weighted by Crippen LogP contribution is -2.39. The van der Waals surface area contributed by atoms with Crippen molar-refractivity contribution in [3.63, 3.8) is 0 Å². The molecular formula is C19H28N6O. The number of pyridine rings is 1. The third-order valence-electron chi connectivity index (χ3n) is 3.90. The maximum Gasteiger partial charge on any atom is 0.227 e. The van der Waals surface area contributed by atoms with Gasteiger partial charge in [-0.05, 0) is 38.1 Å². The Bertz CT molecular complexity index is 752. The molecule has 0 radical (unpaired) electrons. The molecule has 0 bridgehead atoms. The molecule has 2 N–H and O–H groups in total. The van der Waals surface area contributed by atoms with Crippen molar-refractivity contribution in [1.82, 2.24) is 19.8 Å². The fourth-order valence-corrected chi connectivity index (χ4v) is 2.53. The second-order valence-electron chi connectivity index (χ2n) is 6.16. The number of anilines is 1. The van der Waals surface area contributed by atoms with Gasteiger partial charge in [0.1, 0.15) is 5.82 Å². The van der Waals surface area contributed by atoms with Gasteiger partial charge in [0, 0.05) is 44.6 Å². The predicted octanol–water partition coefficient (Wildman–Crippen LogP) is 2.15. The summed E-state index contributed by atoms with van der Waals surface area (Å²) in [4.78, 5) is 23.0. The number of aryl methyl sites for hydroxylation is 2. The largest absolute Gasteiger partial charge is 0.357 e. The predicted molar refractivity (Wildman–Crippen MR) is 105 cm³/mol. The van der Waals surface area contributed by atoms with Gasteiger partial charge in [-0.2, -0.15) is 0 Å². The summed E-state index contributed by atoms with van der Waals surface area (Å²) < 4.78 is 2.09. The molecule has 7 heteroatoms. The summed E-state index contributed by atoms with van der Waals surface area (Å²) in [6, 6.07) is 9.66. The first-order valence-corrected chi connectivity index (χ1v) is 8.82. The SMILES string of the molecule is CCNC(=NCCC(=O)Nc1cccc(C)n1)N(C)Cc1cccn1C. The highest BCUT2D eigenvalue weighted by Gasteiger charge is 2.09. The second kappa shape index (κ2) is 9.60. The van der Waals surface area contributed by atoms with Gasteiger partial charge in [-0.3, -0.25) is 9.79 Å². The van der Waals surface area contributed by atoms with Crippen LogP contribution in [0.1, 0.15) is 24.7 Å². The molecule has 0 saturated carbocycles. The molecule has 0 spiro atoms. The number of hydrogen-bond acceptors (Lipinski definition) is 3. The number of aliphatic imine (C=N–C) groups is 1. The van der Waals surface area contributed by atoms with Crippen LogP contribution >= 0.6 is 0 Å². The van der Waals surface area contributed by atoms with Gasteiger partial charge >= 0.3 is 0 Å². The molecule has 0 aromatic carbocycles. The average Bonchev–Trinajstić information content (AvgIpc) is 2.99. The monoisotopic (exact) mass is 356 g/mol. The number of nitrogens with one attached hydrogen (secondary N) is 2. The van der Waals surface area contributed by atoms with Crippen LogP contribution in [0.15, 0.2) is 41.5 Å². The quantitative estimate of drug-likeness (QED) is 0.589. The lowest BCUT2D eigenvalue weighted by Gasteiger charge is -2.22. The van der Waals surface area contributed by atoms with Gasteiger partial charge in [-0.15, -0.1) is 0 Å². The minimum Gasteiger partial charge on any atom is -0.357 e. The van der Waals surface area contributed by atoms with Gasteiger partial charge < -0.3 is 20.1 Å². The molecule has 26 heavy (non-hydrogen) atoms. The zero-order chi connectivity index (χ0) is 18.9. The van der Waals surface area contributed by atoms with Crippen molar-refractivity contribution in [2.75, 3.05) is 25.5 Å². The molecule has 2 rings (SSSR count). The maximum absolute atomic E-state index is 12.1. The van der Waals surface area contributed by atoms with Crippen molar-refractivity contribution in [2.24, 2.45) is 12.0 Å². The number of guanidine groups is 1. The molecule has 2 aromatic rings. The summed E-state index contributed by atoms with van der Waals surface area (Å²) in [5.41, 5.74) is 2.07. The highest BCUT2D eigenvalue weighted by Crippen LogP contribution is 2.05. The molecule has 0 aliphatic rings. The fraction of sp³-hybridized carbons (Fsp3) is 0.421. The van der Waals surface area contributed by atoms with Crippen LogP contribution in [-0.4, -0.2) is 46.5 Å². The van der Waals surface area contributed by atoms with Crippen LogP contribution in [0.25, 0.3) is 0 Å². The van der Waals surface area contributed by atoms with Crippen LogP contribution in [-0.2, 0) is 18.4 Å². The van der Waals surface area contributed by atoms with E-state index < -0.39 is 0 Å². The lowest BCUT2D eigenvalue weighted by molar-refractivity contribution is -0.116. The van der Waals surface area contributed by atoms with Crippen molar-refractivity contribution in [3.05, 3.63) is 47.9 Å². The van der Waals surface area contributed by atoms with E-state index in [-0.39, 0.29) is 5.91 Å². The molecule has 0 fully saturated rings. The number of aromatic nitrogens is 2. The molecule has 2 aromatic heterocycles. The van der Waals surface area contributed by atoms with Crippen molar-refractivity contribution < 1.29 is 4.79 Å². The Kier molecular flexibility index (Phi) is 7.20. The molecular weight excluding hydrogens is 328 g/mol. The molecule has 7 nitrogen and oxygen atoms in total. The standard InChI is InChI=1S/C19H28N6O/c1-5-20-19(25(4)14-16-9-7-13-24(16)3)21-12-11-18(26)23-17-10-6-8-15(2)22-17/h6-10,13H,5,11-12,14H2,1-4H3,(H,20,21)(H,22,23,26). The van der Waals surface area contributed by atoms with Crippen LogP contribution in [0.3, 0.4) is 0 Å². The van der Waals surface area contributed by atoms with Crippen LogP contribution in [0, 0.1) is 6.92 Å². The number of amides is 1. The van der Waals surface area contributed by atoms with Crippen molar-refractivity contribution in [3.8, 4) is 0 Å². The van der Waals surface area contributed by atoms with Gasteiger partial charge in [0.05, 0.1) is 13.1 Å². The summed E-state index contributed by atoms with van der Waals surface area (Å²) in [6.45, 7) is 5.86. The van der Waals surface area contributed by atoms with E-state index in [1.807, 2.05) is 52.3 Å².